The Morgan fingerprint density at radius 3 is 2.16 bits per heavy atom. The topological polar surface area (TPSA) is 9.23 Å². The predicted octanol–water partition coefficient (Wildman–Crippen LogP) is 5.57. The van der Waals surface area contributed by atoms with Gasteiger partial charge in [-0.2, -0.15) is 0 Å². The SMILES string of the molecule is CC(C)(C)c1ccc(Oc2ccc(F)cc2)c(Cl)c1. The van der Waals surface area contributed by atoms with Crippen LogP contribution in [-0.2, 0) is 5.41 Å². The highest BCUT2D eigenvalue weighted by Crippen LogP contribution is 2.33. The summed E-state index contributed by atoms with van der Waals surface area (Å²) in [6, 6.07) is 11.6. The first-order valence-corrected chi connectivity index (χ1v) is 6.47. The van der Waals surface area contributed by atoms with Gasteiger partial charge in [0.05, 0.1) is 5.02 Å². The van der Waals surface area contributed by atoms with Gasteiger partial charge >= 0.3 is 0 Å². The number of halogens is 2. The average Bonchev–Trinajstić information content (AvgIpc) is 2.33. The third-order valence-electron chi connectivity index (χ3n) is 2.84. The zero-order chi connectivity index (χ0) is 14.0. The van der Waals surface area contributed by atoms with Gasteiger partial charge in [0.1, 0.15) is 17.3 Å². The summed E-state index contributed by atoms with van der Waals surface area (Å²) in [5, 5.41) is 0.553. The molecule has 0 aromatic heterocycles. The lowest BCUT2D eigenvalue weighted by Crippen LogP contribution is -2.10. The van der Waals surface area contributed by atoms with Crippen LogP contribution in [0.4, 0.5) is 4.39 Å². The van der Waals surface area contributed by atoms with Gasteiger partial charge in [-0.25, -0.2) is 4.39 Å². The number of hydrogen-bond donors (Lipinski definition) is 0. The molecule has 0 saturated heterocycles. The van der Waals surface area contributed by atoms with E-state index >= 15 is 0 Å². The summed E-state index contributed by atoms with van der Waals surface area (Å²) in [5.74, 6) is 0.842. The van der Waals surface area contributed by atoms with E-state index in [9.17, 15) is 4.39 Å². The maximum atomic E-state index is 12.8. The van der Waals surface area contributed by atoms with Gasteiger partial charge in [-0.1, -0.05) is 38.4 Å². The van der Waals surface area contributed by atoms with Crippen LogP contribution in [0, 0.1) is 5.82 Å². The highest BCUT2D eigenvalue weighted by atomic mass is 35.5. The van der Waals surface area contributed by atoms with Crippen molar-refractivity contribution in [2.75, 3.05) is 0 Å². The minimum absolute atomic E-state index is 0.0397. The number of benzene rings is 2. The van der Waals surface area contributed by atoms with E-state index in [1.807, 2.05) is 18.2 Å². The first-order chi connectivity index (χ1) is 8.86. The summed E-state index contributed by atoms with van der Waals surface area (Å²) in [6.45, 7) is 6.37. The Bertz CT molecular complexity index is 570. The summed E-state index contributed by atoms with van der Waals surface area (Å²) >= 11 is 6.22. The van der Waals surface area contributed by atoms with Crippen LogP contribution in [-0.4, -0.2) is 0 Å². The van der Waals surface area contributed by atoms with Gasteiger partial charge in [0.2, 0.25) is 0 Å². The molecule has 0 aliphatic rings. The van der Waals surface area contributed by atoms with Gasteiger partial charge in [-0.05, 0) is 47.4 Å². The molecule has 0 aliphatic carbocycles. The van der Waals surface area contributed by atoms with Crippen LogP contribution in [0.25, 0.3) is 0 Å². The molecular weight excluding hydrogens is 263 g/mol. The zero-order valence-electron chi connectivity index (χ0n) is 11.2. The van der Waals surface area contributed by atoms with Gasteiger partial charge in [0.15, 0.2) is 0 Å². The third kappa shape index (κ3) is 3.48. The maximum absolute atomic E-state index is 12.8. The molecule has 19 heavy (non-hydrogen) atoms. The molecule has 100 valence electrons. The molecule has 0 amide bonds. The van der Waals surface area contributed by atoms with Crippen molar-refractivity contribution < 1.29 is 9.13 Å². The monoisotopic (exact) mass is 278 g/mol. The number of hydrogen-bond acceptors (Lipinski definition) is 1. The van der Waals surface area contributed by atoms with Crippen molar-refractivity contribution in [3.05, 3.63) is 58.9 Å². The molecule has 0 fully saturated rings. The molecule has 2 rings (SSSR count). The van der Waals surface area contributed by atoms with Crippen molar-refractivity contribution in [2.45, 2.75) is 26.2 Å². The molecule has 0 radical (unpaired) electrons. The van der Waals surface area contributed by atoms with Gasteiger partial charge < -0.3 is 4.74 Å². The molecule has 1 nitrogen and oxygen atoms in total. The van der Waals surface area contributed by atoms with Gasteiger partial charge in [0, 0.05) is 0 Å². The minimum Gasteiger partial charge on any atom is -0.456 e. The zero-order valence-corrected chi connectivity index (χ0v) is 12.0. The number of ether oxygens (including phenoxy) is 1. The fourth-order valence-corrected chi connectivity index (χ4v) is 1.90. The highest BCUT2D eigenvalue weighted by molar-refractivity contribution is 6.32. The number of rotatable bonds is 2. The highest BCUT2D eigenvalue weighted by Gasteiger charge is 2.15. The van der Waals surface area contributed by atoms with Crippen molar-refractivity contribution in [1.29, 1.82) is 0 Å². The lowest BCUT2D eigenvalue weighted by atomic mass is 9.87. The van der Waals surface area contributed by atoms with Crippen molar-refractivity contribution in [2.24, 2.45) is 0 Å². The quantitative estimate of drug-likeness (QED) is 0.698. The Hall–Kier alpha value is -1.54. The largest absolute Gasteiger partial charge is 0.456 e. The fourth-order valence-electron chi connectivity index (χ4n) is 1.68. The van der Waals surface area contributed by atoms with Crippen LogP contribution in [0.2, 0.25) is 5.02 Å². The summed E-state index contributed by atoms with van der Waals surface area (Å²) < 4.78 is 18.4. The van der Waals surface area contributed by atoms with Crippen LogP contribution >= 0.6 is 11.6 Å². The Morgan fingerprint density at radius 2 is 1.63 bits per heavy atom. The van der Waals surface area contributed by atoms with E-state index in [0.29, 0.717) is 16.5 Å². The summed E-state index contributed by atoms with van der Waals surface area (Å²) in [7, 11) is 0. The third-order valence-corrected chi connectivity index (χ3v) is 3.13. The Morgan fingerprint density at radius 1 is 1.00 bits per heavy atom. The molecule has 2 aromatic rings. The fraction of sp³-hybridized carbons (Fsp3) is 0.250. The van der Waals surface area contributed by atoms with E-state index in [1.54, 1.807) is 12.1 Å². The summed E-state index contributed by atoms with van der Waals surface area (Å²) in [4.78, 5) is 0. The van der Waals surface area contributed by atoms with Crippen LogP contribution in [0.3, 0.4) is 0 Å². The Balaban J connectivity index is 2.24. The minimum atomic E-state index is -0.290. The molecule has 2 aromatic carbocycles. The molecule has 0 heterocycles. The lowest BCUT2D eigenvalue weighted by Gasteiger charge is -2.20. The molecule has 3 heteroatoms. The first-order valence-electron chi connectivity index (χ1n) is 6.10. The van der Waals surface area contributed by atoms with E-state index in [2.05, 4.69) is 20.8 Å². The van der Waals surface area contributed by atoms with Gasteiger partial charge in [-0.3, -0.25) is 0 Å². The Kier molecular flexibility index (Phi) is 3.81. The van der Waals surface area contributed by atoms with E-state index in [0.717, 1.165) is 5.56 Å². The van der Waals surface area contributed by atoms with E-state index in [4.69, 9.17) is 16.3 Å². The smallest absolute Gasteiger partial charge is 0.146 e. The lowest BCUT2D eigenvalue weighted by molar-refractivity contribution is 0.479. The second-order valence-electron chi connectivity index (χ2n) is 5.45. The van der Waals surface area contributed by atoms with Crippen molar-refractivity contribution in [1.82, 2.24) is 0 Å². The standard InChI is InChI=1S/C16H16ClFO/c1-16(2,3)11-4-9-15(14(17)10-11)19-13-7-5-12(18)6-8-13/h4-10H,1-3H3. The molecule has 0 N–H and O–H groups in total. The molecule has 0 aliphatic heterocycles. The molecule has 0 saturated carbocycles. The van der Waals surface area contributed by atoms with Crippen molar-refractivity contribution >= 4 is 11.6 Å². The van der Waals surface area contributed by atoms with Gasteiger partial charge in [0.25, 0.3) is 0 Å². The molecular formula is C16H16ClFO. The van der Waals surface area contributed by atoms with Gasteiger partial charge in [-0.15, -0.1) is 0 Å². The van der Waals surface area contributed by atoms with Crippen molar-refractivity contribution in [3.63, 3.8) is 0 Å². The Labute approximate surface area is 118 Å². The molecule has 0 spiro atoms. The second kappa shape index (κ2) is 5.22. The summed E-state index contributed by atoms with van der Waals surface area (Å²) in [6.07, 6.45) is 0. The van der Waals surface area contributed by atoms with Crippen LogP contribution in [0.15, 0.2) is 42.5 Å². The van der Waals surface area contributed by atoms with Crippen LogP contribution < -0.4 is 4.74 Å². The van der Waals surface area contributed by atoms with E-state index < -0.39 is 0 Å². The van der Waals surface area contributed by atoms with Crippen LogP contribution in [0.1, 0.15) is 26.3 Å². The van der Waals surface area contributed by atoms with Crippen molar-refractivity contribution in [3.8, 4) is 11.5 Å². The maximum Gasteiger partial charge on any atom is 0.146 e. The summed E-state index contributed by atoms with van der Waals surface area (Å²) in [5.41, 5.74) is 1.18. The van der Waals surface area contributed by atoms with E-state index in [-0.39, 0.29) is 11.2 Å². The molecule has 0 bridgehead atoms. The predicted molar refractivity (Wildman–Crippen MR) is 76.6 cm³/mol. The molecule has 0 atom stereocenters. The first kappa shape index (κ1) is 13.9. The normalized spacial score (nSPS) is 11.4. The van der Waals surface area contributed by atoms with Crippen LogP contribution in [0.5, 0.6) is 11.5 Å². The molecule has 0 unspecified atom stereocenters. The average molecular weight is 279 g/mol. The second-order valence-corrected chi connectivity index (χ2v) is 5.86. The van der Waals surface area contributed by atoms with E-state index in [1.165, 1.54) is 12.1 Å².